The third-order valence-corrected chi connectivity index (χ3v) is 6.70. The minimum absolute atomic E-state index is 0.0739. The number of nitrogens with zero attached hydrogens (tertiary/aromatic N) is 6. The smallest absolute Gasteiger partial charge is 0.273 e. The van der Waals surface area contributed by atoms with Crippen LogP contribution in [0.4, 0.5) is 17.2 Å². The summed E-state index contributed by atoms with van der Waals surface area (Å²) in [6.45, 7) is 7.23. The lowest BCUT2D eigenvalue weighted by atomic mass is 9.83. The van der Waals surface area contributed by atoms with Gasteiger partial charge in [-0.05, 0) is 43.5 Å². The molecule has 12 nitrogen and oxygen atoms in total. The Morgan fingerprint density at radius 3 is 2.55 bits per heavy atom. The van der Waals surface area contributed by atoms with Crippen LogP contribution < -0.4 is 20.7 Å². The lowest BCUT2D eigenvalue weighted by Crippen LogP contribution is -2.38. The molecule has 3 aromatic rings. The van der Waals surface area contributed by atoms with E-state index in [1.54, 1.807) is 37.3 Å². The van der Waals surface area contributed by atoms with E-state index in [2.05, 4.69) is 55.0 Å². The molecule has 0 saturated carbocycles. The maximum Gasteiger partial charge on any atom is 0.273 e. The highest BCUT2D eigenvalue weighted by Crippen LogP contribution is 2.37. The number of benzene rings is 1. The van der Waals surface area contributed by atoms with Gasteiger partial charge in [-0.2, -0.15) is 5.10 Å². The van der Waals surface area contributed by atoms with Crippen molar-refractivity contribution in [3.8, 4) is 17.1 Å². The third kappa shape index (κ3) is 6.43. The molecule has 2 aromatic heterocycles. The van der Waals surface area contributed by atoms with Gasteiger partial charge >= 0.3 is 0 Å². The van der Waals surface area contributed by atoms with Crippen molar-refractivity contribution < 1.29 is 14.3 Å². The van der Waals surface area contributed by atoms with Crippen molar-refractivity contribution in [2.75, 3.05) is 44.4 Å². The Kier molecular flexibility index (Phi) is 8.20. The van der Waals surface area contributed by atoms with E-state index in [1.807, 2.05) is 12.1 Å². The minimum atomic E-state index is -0.424. The summed E-state index contributed by atoms with van der Waals surface area (Å²) in [6, 6.07) is 7.06. The summed E-state index contributed by atoms with van der Waals surface area (Å²) in [5, 5.41) is 21.1. The van der Waals surface area contributed by atoms with E-state index in [0.29, 0.717) is 46.9 Å². The predicted octanol–water partition coefficient (Wildman–Crippen LogP) is 2.83. The first-order valence-electron chi connectivity index (χ1n) is 12.6. The summed E-state index contributed by atoms with van der Waals surface area (Å²) < 4.78 is 7.28. The Labute approximate surface area is 222 Å². The first kappa shape index (κ1) is 27.0. The average molecular weight is 522 g/mol. The van der Waals surface area contributed by atoms with Crippen molar-refractivity contribution in [3.63, 3.8) is 0 Å². The molecule has 38 heavy (non-hydrogen) atoms. The average Bonchev–Trinajstić information content (AvgIpc) is 3.33. The number of carbonyl (C=O) groups is 2. The summed E-state index contributed by atoms with van der Waals surface area (Å²) in [7, 11) is 4.85. The van der Waals surface area contributed by atoms with Gasteiger partial charge in [0.1, 0.15) is 6.33 Å². The fraction of sp³-hybridized carbons (Fsp3) is 0.462. The summed E-state index contributed by atoms with van der Waals surface area (Å²) in [4.78, 5) is 31.8. The Morgan fingerprint density at radius 2 is 1.89 bits per heavy atom. The van der Waals surface area contributed by atoms with Gasteiger partial charge in [-0.3, -0.25) is 14.3 Å². The zero-order valence-electron chi connectivity index (χ0n) is 22.5. The highest BCUT2D eigenvalue weighted by Gasteiger charge is 2.25. The normalized spacial score (nSPS) is 15.1. The molecule has 1 saturated heterocycles. The molecule has 1 aliphatic rings. The number of hydrogen-bond donors (Lipinski definition) is 3. The second kappa shape index (κ2) is 11.5. The van der Waals surface area contributed by atoms with E-state index >= 15 is 0 Å². The van der Waals surface area contributed by atoms with Crippen molar-refractivity contribution in [2.45, 2.75) is 33.1 Å². The number of hydrogen-bond acceptors (Lipinski definition) is 9. The summed E-state index contributed by atoms with van der Waals surface area (Å²) in [5.74, 6) is 0.647. The second-order valence-electron chi connectivity index (χ2n) is 10.1. The zero-order valence-corrected chi connectivity index (χ0v) is 22.5. The maximum absolute atomic E-state index is 12.7. The molecule has 3 heterocycles. The molecule has 3 N–H and O–H groups in total. The molecular weight excluding hydrogens is 486 g/mol. The molecule has 2 amide bonds. The fourth-order valence-corrected chi connectivity index (χ4v) is 4.32. The van der Waals surface area contributed by atoms with E-state index in [9.17, 15) is 9.59 Å². The molecule has 0 aliphatic carbocycles. The van der Waals surface area contributed by atoms with Crippen LogP contribution in [0.5, 0.6) is 5.75 Å². The molecule has 1 aliphatic heterocycles. The monoisotopic (exact) mass is 521 g/mol. The quantitative estimate of drug-likeness (QED) is 0.388. The van der Waals surface area contributed by atoms with E-state index in [-0.39, 0.29) is 17.4 Å². The van der Waals surface area contributed by atoms with Gasteiger partial charge in [0.2, 0.25) is 5.91 Å². The van der Waals surface area contributed by atoms with Gasteiger partial charge in [0, 0.05) is 33.1 Å². The van der Waals surface area contributed by atoms with Crippen LogP contribution in [0.2, 0.25) is 0 Å². The number of ether oxygens (including phenoxy) is 1. The van der Waals surface area contributed by atoms with Gasteiger partial charge in [-0.15, -0.1) is 10.2 Å². The van der Waals surface area contributed by atoms with Crippen LogP contribution in [0.3, 0.4) is 0 Å². The zero-order chi connectivity index (χ0) is 27.3. The van der Waals surface area contributed by atoms with Crippen LogP contribution in [-0.4, -0.2) is 75.5 Å². The Morgan fingerprint density at radius 1 is 1.13 bits per heavy atom. The molecule has 0 spiro atoms. The second-order valence-corrected chi connectivity index (χ2v) is 10.1. The lowest BCUT2D eigenvalue weighted by Gasteiger charge is -2.36. The Bertz CT molecular complexity index is 1290. The van der Waals surface area contributed by atoms with Gasteiger partial charge in [0.05, 0.1) is 24.0 Å². The number of methoxy groups -OCH3 is 1. The van der Waals surface area contributed by atoms with Crippen LogP contribution in [-0.2, 0) is 11.8 Å². The van der Waals surface area contributed by atoms with Crippen molar-refractivity contribution in [1.29, 1.82) is 0 Å². The van der Waals surface area contributed by atoms with E-state index in [4.69, 9.17) is 4.74 Å². The maximum atomic E-state index is 12.7. The summed E-state index contributed by atoms with van der Waals surface area (Å²) >= 11 is 0. The first-order chi connectivity index (χ1) is 18.2. The Balaban J connectivity index is 1.52. The number of para-hydroxylation sites is 1. The molecule has 1 aromatic carbocycles. The van der Waals surface area contributed by atoms with Crippen molar-refractivity contribution in [1.82, 2.24) is 35.2 Å². The molecular formula is C26H35N9O3. The first-order valence-corrected chi connectivity index (χ1v) is 12.6. The number of rotatable bonds is 9. The fourth-order valence-electron chi connectivity index (χ4n) is 4.32. The Hall–Kier alpha value is -4.06. The van der Waals surface area contributed by atoms with Crippen LogP contribution in [0.1, 0.15) is 43.6 Å². The summed E-state index contributed by atoms with van der Waals surface area (Å²) in [5.41, 5.74) is 2.04. The number of nitrogens with one attached hydrogen (secondary N) is 3. The number of aryl methyl sites for hydroxylation is 1. The van der Waals surface area contributed by atoms with E-state index in [0.717, 1.165) is 25.9 Å². The molecule has 0 bridgehead atoms. The highest BCUT2D eigenvalue weighted by atomic mass is 16.5. The van der Waals surface area contributed by atoms with Gasteiger partial charge in [-0.25, -0.2) is 4.98 Å². The molecule has 0 unspecified atom stereocenters. The highest BCUT2D eigenvalue weighted by molar-refractivity contribution is 5.99. The number of likely N-dealkylation sites (tertiary alicyclic amines) is 1. The van der Waals surface area contributed by atoms with Gasteiger partial charge in [0.15, 0.2) is 23.1 Å². The molecule has 1 fully saturated rings. The summed E-state index contributed by atoms with van der Waals surface area (Å²) in [6.07, 6.45) is 4.19. The number of anilines is 3. The number of amides is 2. The molecule has 0 radical (unpaired) electrons. The van der Waals surface area contributed by atoms with E-state index in [1.165, 1.54) is 7.05 Å². The molecule has 0 atom stereocenters. The van der Waals surface area contributed by atoms with Crippen molar-refractivity contribution >= 4 is 29.0 Å². The number of aromatic nitrogens is 5. The third-order valence-electron chi connectivity index (χ3n) is 6.70. The van der Waals surface area contributed by atoms with Crippen LogP contribution >= 0.6 is 0 Å². The van der Waals surface area contributed by atoms with Crippen molar-refractivity contribution in [3.05, 3.63) is 36.3 Å². The van der Waals surface area contributed by atoms with Crippen LogP contribution in [0, 0.1) is 5.41 Å². The molecule has 4 rings (SSSR count). The van der Waals surface area contributed by atoms with E-state index < -0.39 is 5.91 Å². The van der Waals surface area contributed by atoms with Gasteiger partial charge < -0.3 is 25.6 Å². The minimum Gasteiger partial charge on any atom is -0.494 e. The van der Waals surface area contributed by atoms with Crippen molar-refractivity contribution in [2.24, 2.45) is 12.5 Å². The topological polar surface area (TPSA) is 139 Å². The predicted molar refractivity (Wildman–Crippen MR) is 144 cm³/mol. The lowest BCUT2D eigenvalue weighted by molar-refractivity contribution is -0.116. The van der Waals surface area contributed by atoms with Crippen LogP contribution in [0.25, 0.3) is 11.4 Å². The van der Waals surface area contributed by atoms with Gasteiger partial charge in [-0.1, -0.05) is 19.9 Å². The number of carbonyl (C=O) groups excluding carboxylic acids is 2. The molecule has 12 heteroatoms. The van der Waals surface area contributed by atoms with Crippen LogP contribution in [0.15, 0.2) is 30.6 Å². The number of piperidine rings is 1. The standard InChI is InChI=1S/C26H35N9O3/c1-26(2)10-13-35(14-11-26)12-9-21(36)30-20-15-19(22(32-31-20)25(37)27-3)29-18-8-6-7-17(23(18)38-5)24-28-16-34(4)33-24/h6-8,15-16H,9-14H2,1-5H3,(H,27,37)(H2,29,30,31,36). The molecule has 202 valence electrons. The van der Waals surface area contributed by atoms with Gasteiger partial charge in [0.25, 0.3) is 5.91 Å². The largest absolute Gasteiger partial charge is 0.494 e. The SMILES string of the molecule is CNC(=O)c1nnc(NC(=O)CCN2CCC(C)(C)CC2)cc1Nc1cccc(-c2ncn(C)n2)c1OC.